The Morgan fingerprint density at radius 3 is 2.70 bits per heavy atom. The van der Waals surface area contributed by atoms with Crippen molar-refractivity contribution in [2.24, 2.45) is 0 Å². The number of nitrogens with one attached hydrogen (secondary N) is 2. The quantitative estimate of drug-likeness (QED) is 0.578. The molecule has 0 aliphatic heterocycles. The summed E-state index contributed by atoms with van der Waals surface area (Å²) in [6, 6.07) is 12.5. The van der Waals surface area contributed by atoms with E-state index in [0.717, 1.165) is 35.9 Å². The summed E-state index contributed by atoms with van der Waals surface area (Å²) in [5.41, 5.74) is 3.88. The number of thiocarbonyl (C=S) groups is 1. The third-order valence-electron chi connectivity index (χ3n) is 3.51. The smallest absolute Gasteiger partial charge is 0.171 e. The highest BCUT2D eigenvalue weighted by molar-refractivity contribution is 7.98. The van der Waals surface area contributed by atoms with E-state index < -0.39 is 0 Å². The van der Waals surface area contributed by atoms with E-state index in [9.17, 15) is 0 Å². The molecule has 0 amide bonds. The molecule has 0 unspecified atom stereocenters. The molecule has 0 atom stereocenters. The van der Waals surface area contributed by atoms with Gasteiger partial charge in [-0.3, -0.25) is 0 Å². The van der Waals surface area contributed by atoms with Gasteiger partial charge >= 0.3 is 0 Å². The van der Waals surface area contributed by atoms with Crippen LogP contribution in [0.1, 0.15) is 23.1 Å². The standard InChI is InChI=1S/C18H23N3S2/c1-14-7-3-4-9-16(14)13-23-12-6-11-20-18(22)21-17-15(2)8-5-10-19-17/h3-5,7-10H,6,11-13H2,1-2H3,(H2,19,20,21,22). The van der Waals surface area contributed by atoms with Crippen LogP contribution in [0.4, 0.5) is 5.82 Å². The number of nitrogens with zero attached hydrogens (tertiary/aromatic N) is 1. The van der Waals surface area contributed by atoms with Crippen LogP contribution in [-0.2, 0) is 5.75 Å². The second kappa shape index (κ2) is 9.53. The van der Waals surface area contributed by atoms with Gasteiger partial charge in [-0.1, -0.05) is 30.3 Å². The lowest BCUT2D eigenvalue weighted by molar-refractivity contribution is 0.853. The van der Waals surface area contributed by atoms with Crippen LogP contribution in [-0.4, -0.2) is 22.4 Å². The van der Waals surface area contributed by atoms with Crippen molar-refractivity contribution < 1.29 is 0 Å². The molecule has 0 aliphatic rings. The molecular weight excluding hydrogens is 322 g/mol. The maximum Gasteiger partial charge on any atom is 0.171 e. The van der Waals surface area contributed by atoms with Crippen LogP contribution >= 0.6 is 24.0 Å². The molecule has 23 heavy (non-hydrogen) atoms. The van der Waals surface area contributed by atoms with Crippen LogP contribution in [0.5, 0.6) is 0 Å². The summed E-state index contributed by atoms with van der Waals surface area (Å²) in [4.78, 5) is 4.28. The van der Waals surface area contributed by atoms with Gasteiger partial charge < -0.3 is 10.6 Å². The summed E-state index contributed by atoms with van der Waals surface area (Å²) in [5, 5.41) is 7.01. The first-order valence-electron chi connectivity index (χ1n) is 7.75. The van der Waals surface area contributed by atoms with Crippen LogP contribution in [0.15, 0.2) is 42.6 Å². The molecule has 0 aliphatic carbocycles. The fourth-order valence-corrected chi connectivity index (χ4v) is 3.33. The van der Waals surface area contributed by atoms with Crippen LogP contribution in [0.25, 0.3) is 0 Å². The molecule has 0 bridgehead atoms. The van der Waals surface area contributed by atoms with Crippen molar-refractivity contribution in [3.05, 3.63) is 59.3 Å². The summed E-state index contributed by atoms with van der Waals surface area (Å²) in [5.74, 6) is 3.01. The number of pyridine rings is 1. The number of aromatic nitrogens is 1. The Hall–Kier alpha value is -1.59. The van der Waals surface area contributed by atoms with Crippen molar-refractivity contribution >= 4 is 34.9 Å². The first-order chi connectivity index (χ1) is 11.2. The molecule has 2 aromatic rings. The summed E-state index contributed by atoms with van der Waals surface area (Å²) in [7, 11) is 0. The first kappa shape index (κ1) is 17.8. The highest BCUT2D eigenvalue weighted by Crippen LogP contribution is 2.16. The number of rotatable bonds is 7. The van der Waals surface area contributed by atoms with Gasteiger partial charge in [0.1, 0.15) is 5.82 Å². The Labute approximate surface area is 148 Å². The molecule has 3 nitrogen and oxygen atoms in total. The third-order valence-corrected chi connectivity index (χ3v) is 4.85. The molecule has 0 spiro atoms. The highest BCUT2D eigenvalue weighted by atomic mass is 32.2. The minimum Gasteiger partial charge on any atom is -0.362 e. The topological polar surface area (TPSA) is 37.0 Å². The summed E-state index contributed by atoms with van der Waals surface area (Å²) in [6.45, 7) is 5.06. The van der Waals surface area contributed by atoms with E-state index in [1.54, 1.807) is 6.20 Å². The van der Waals surface area contributed by atoms with Gasteiger partial charge in [0.15, 0.2) is 5.11 Å². The van der Waals surface area contributed by atoms with Gasteiger partial charge in [-0.05, 0) is 61.0 Å². The van der Waals surface area contributed by atoms with Gasteiger partial charge in [0.05, 0.1) is 0 Å². The molecule has 1 heterocycles. The molecule has 122 valence electrons. The van der Waals surface area contributed by atoms with Crippen molar-refractivity contribution in [3.63, 3.8) is 0 Å². The van der Waals surface area contributed by atoms with Crippen molar-refractivity contribution in [2.75, 3.05) is 17.6 Å². The second-order valence-corrected chi connectivity index (χ2v) is 6.90. The minimum absolute atomic E-state index is 0.635. The SMILES string of the molecule is Cc1ccccc1CSCCCNC(=S)Nc1ncccc1C. The number of hydrogen-bond donors (Lipinski definition) is 2. The summed E-state index contributed by atoms with van der Waals surface area (Å²) in [6.07, 6.45) is 2.85. The number of anilines is 1. The number of thioether (sulfide) groups is 1. The van der Waals surface area contributed by atoms with Crippen LogP contribution in [0.2, 0.25) is 0 Å². The Balaban J connectivity index is 1.59. The second-order valence-electron chi connectivity index (χ2n) is 5.38. The third kappa shape index (κ3) is 6.20. The molecule has 0 fully saturated rings. The fraction of sp³-hybridized carbons (Fsp3) is 0.333. The number of benzene rings is 1. The zero-order chi connectivity index (χ0) is 16.5. The molecule has 1 aromatic heterocycles. The van der Waals surface area contributed by atoms with E-state index >= 15 is 0 Å². The summed E-state index contributed by atoms with van der Waals surface area (Å²) >= 11 is 7.26. The average molecular weight is 346 g/mol. The summed E-state index contributed by atoms with van der Waals surface area (Å²) < 4.78 is 0. The molecule has 2 rings (SSSR count). The number of hydrogen-bond acceptors (Lipinski definition) is 3. The van der Waals surface area contributed by atoms with Crippen molar-refractivity contribution in [1.29, 1.82) is 0 Å². The Morgan fingerprint density at radius 2 is 1.91 bits per heavy atom. The maximum atomic E-state index is 5.30. The van der Waals surface area contributed by atoms with E-state index in [4.69, 9.17) is 12.2 Å². The molecule has 2 N–H and O–H groups in total. The van der Waals surface area contributed by atoms with E-state index in [-0.39, 0.29) is 0 Å². The van der Waals surface area contributed by atoms with E-state index in [1.807, 2.05) is 30.8 Å². The van der Waals surface area contributed by atoms with Crippen LogP contribution in [0.3, 0.4) is 0 Å². The van der Waals surface area contributed by atoms with Gasteiger partial charge in [0.25, 0.3) is 0 Å². The number of aryl methyl sites for hydroxylation is 2. The molecule has 0 saturated heterocycles. The molecule has 5 heteroatoms. The van der Waals surface area contributed by atoms with Crippen molar-refractivity contribution in [1.82, 2.24) is 10.3 Å². The fourth-order valence-electron chi connectivity index (χ4n) is 2.10. The molecule has 1 aromatic carbocycles. The van der Waals surface area contributed by atoms with Gasteiger partial charge in [-0.2, -0.15) is 11.8 Å². The van der Waals surface area contributed by atoms with Crippen molar-refractivity contribution in [3.8, 4) is 0 Å². The first-order valence-corrected chi connectivity index (χ1v) is 9.32. The van der Waals surface area contributed by atoms with Gasteiger partial charge in [0, 0.05) is 18.5 Å². The lowest BCUT2D eigenvalue weighted by Gasteiger charge is -2.11. The minimum atomic E-state index is 0.635. The largest absolute Gasteiger partial charge is 0.362 e. The highest BCUT2D eigenvalue weighted by Gasteiger charge is 2.01. The Morgan fingerprint density at radius 1 is 1.13 bits per heavy atom. The van der Waals surface area contributed by atoms with E-state index in [0.29, 0.717) is 5.11 Å². The Bertz CT molecular complexity index is 644. The zero-order valence-corrected chi connectivity index (χ0v) is 15.3. The lowest BCUT2D eigenvalue weighted by atomic mass is 10.1. The van der Waals surface area contributed by atoms with Gasteiger partial charge in [0.2, 0.25) is 0 Å². The van der Waals surface area contributed by atoms with Gasteiger partial charge in [-0.25, -0.2) is 4.98 Å². The molecule has 0 radical (unpaired) electrons. The van der Waals surface area contributed by atoms with Crippen LogP contribution < -0.4 is 10.6 Å². The predicted octanol–water partition coefficient (Wildman–Crippen LogP) is 4.31. The van der Waals surface area contributed by atoms with E-state index in [1.165, 1.54) is 11.1 Å². The zero-order valence-electron chi connectivity index (χ0n) is 13.6. The predicted molar refractivity (Wildman–Crippen MR) is 105 cm³/mol. The lowest BCUT2D eigenvalue weighted by Crippen LogP contribution is -2.30. The Kier molecular flexibility index (Phi) is 7.36. The van der Waals surface area contributed by atoms with E-state index in [2.05, 4.69) is 46.8 Å². The molecule has 0 saturated carbocycles. The normalized spacial score (nSPS) is 10.3. The monoisotopic (exact) mass is 345 g/mol. The van der Waals surface area contributed by atoms with Crippen molar-refractivity contribution in [2.45, 2.75) is 26.0 Å². The maximum absolute atomic E-state index is 5.30. The average Bonchev–Trinajstić information content (AvgIpc) is 2.54. The molecular formula is C18H23N3S2. The van der Waals surface area contributed by atoms with Crippen LogP contribution in [0, 0.1) is 13.8 Å². The van der Waals surface area contributed by atoms with Gasteiger partial charge in [-0.15, -0.1) is 0 Å².